The molecule has 0 saturated carbocycles. The zero-order valence-corrected chi connectivity index (χ0v) is 32.6. The van der Waals surface area contributed by atoms with Gasteiger partial charge in [-0.15, -0.1) is 0 Å². The van der Waals surface area contributed by atoms with Crippen molar-refractivity contribution < 1.29 is 13.9 Å². The van der Waals surface area contributed by atoms with E-state index in [1.54, 1.807) is 0 Å². The van der Waals surface area contributed by atoms with Crippen molar-refractivity contribution in [1.82, 2.24) is 9.97 Å². The van der Waals surface area contributed by atoms with Crippen LogP contribution in [0, 0.1) is 6.92 Å². The van der Waals surface area contributed by atoms with Gasteiger partial charge in [0.1, 0.15) is 28.4 Å². The van der Waals surface area contributed by atoms with Gasteiger partial charge >= 0.3 is 0 Å². The first kappa shape index (κ1) is 35.2. The number of rotatable bonds is 7. The number of hydrogen-bond acceptors (Lipinski definition) is 5. The molecular formula is C55H36N2O3. The minimum atomic E-state index is 0.175. The molecule has 5 nitrogen and oxygen atoms in total. The molecule has 0 aliphatic heterocycles. The lowest BCUT2D eigenvalue weighted by Crippen LogP contribution is -1.93. The summed E-state index contributed by atoms with van der Waals surface area (Å²) in [6.07, 6.45) is 0. The van der Waals surface area contributed by atoms with E-state index >= 15 is 0 Å². The van der Waals surface area contributed by atoms with Gasteiger partial charge in [-0.1, -0.05) is 133 Å². The van der Waals surface area contributed by atoms with E-state index in [4.69, 9.17) is 18.8 Å². The Morgan fingerprint density at radius 2 is 0.917 bits per heavy atom. The van der Waals surface area contributed by atoms with Crippen molar-refractivity contribution in [2.24, 2.45) is 0 Å². The third-order valence-corrected chi connectivity index (χ3v) is 11.2. The maximum atomic E-state index is 11.4. The topological polar surface area (TPSA) is 72.3 Å². The molecule has 60 heavy (non-hydrogen) atoms. The molecule has 0 aliphatic carbocycles. The van der Waals surface area contributed by atoms with Gasteiger partial charge in [-0.05, 0) is 89.8 Å². The second-order valence-corrected chi connectivity index (χ2v) is 15.2. The van der Waals surface area contributed by atoms with E-state index in [1.165, 1.54) is 0 Å². The van der Waals surface area contributed by atoms with Gasteiger partial charge in [0.05, 0.1) is 17.1 Å². The highest BCUT2D eigenvalue weighted by molar-refractivity contribution is 6.08. The molecule has 0 atom stereocenters. The fraction of sp³-hybridized carbons (Fsp3) is 0.0182. The second-order valence-electron chi connectivity index (χ2n) is 15.2. The van der Waals surface area contributed by atoms with Gasteiger partial charge in [0.25, 0.3) is 0 Å². The minimum absolute atomic E-state index is 0.175. The van der Waals surface area contributed by atoms with Gasteiger partial charge in [-0.25, -0.2) is 4.98 Å². The Morgan fingerprint density at radius 1 is 0.350 bits per heavy atom. The highest BCUT2D eigenvalue weighted by Crippen LogP contribution is 2.42. The first-order valence-corrected chi connectivity index (χ1v) is 20.0. The Hall–Kier alpha value is -8.02. The van der Waals surface area contributed by atoms with Crippen LogP contribution in [0.4, 0.5) is 0 Å². The molecule has 0 unspecified atom stereocenters. The summed E-state index contributed by atoms with van der Waals surface area (Å²) >= 11 is 0. The van der Waals surface area contributed by atoms with Crippen molar-refractivity contribution in [3.05, 3.63) is 200 Å². The SMILES string of the molecule is Cc1cc(-c2oc(-c3ccc4c(c3)oc3ccccc34)c3ccccc23)cc(-c2cccc(-c3cc(-c4ccccc4)cc(-c4ccc(-c5ccccc5)cc4O)n3)c2)n1. The van der Waals surface area contributed by atoms with Gasteiger partial charge in [0.15, 0.2) is 0 Å². The molecule has 284 valence electrons. The molecule has 5 heteroatoms. The van der Waals surface area contributed by atoms with Crippen molar-refractivity contribution in [1.29, 1.82) is 0 Å². The van der Waals surface area contributed by atoms with Crippen molar-refractivity contribution in [2.75, 3.05) is 0 Å². The Bertz CT molecular complexity index is 3400. The van der Waals surface area contributed by atoms with Gasteiger partial charge in [0.2, 0.25) is 0 Å². The van der Waals surface area contributed by atoms with Crippen molar-refractivity contribution in [3.63, 3.8) is 0 Å². The molecule has 1 N–H and O–H groups in total. The lowest BCUT2D eigenvalue weighted by atomic mass is 9.97. The number of phenolic OH excluding ortho intramolecular Hbond substituents is 1. The lowest BCUT2D eigenvalue weighted by Gasteiger charge is -2.13. The van der Waals surface area contributed by atoms with E-state index in [0.717, 1.165) is 106 Å². The molecule has 11 aromatic rings. The molecule has 4 aromatic heterocycles. The smallest absolute Gasteiger partial charge is 0.142 e. The summed E-state index contributed by atoms with van der Waals surface area (Å²) < 4.78 is 13.1. The number of para-hydroxylation sites is 1. The molecule has 0 fully saturated rings. The van der Waals surface area contributed by atoms with Crippen molar-refractivity contribution in [3.8, 4) is 84.4 Å². The number of phenols is 1. The first-order valence-electron chi connectivity index (χ1n) is 20.0. The lowest BCUT2D eigenvalue weighted by molar-refractivity contribution is 0.477. The van der Waals surface area contributed by atoms with Gasteiger partial charge in [0, 0.05) is 55.1 Å². The molecule has 0 spiro atoms. The van der Waals surface area contributed by atoms with Crippen LogP contribution >= 0.6 is 0 Å². The zero-order valence-electron chi connectivity index (χ0n) is 32.6. The second kappa shape index (κ2) is 14.4. The Balaban J connectivity index is 0.993. The molecular weight excluding hydrogens is 737 g/mol. The van der Waals surface area contributed by atoms with E-state index in [2.05, 4.69) is 84.9 Å². The summed E-state index contributed by atoms with van der Waals surface area (Å²) in [5, 5.41) is 15.6. The molecule has 0 amide bonds. The van der Waals surface area contributed by atoms with Crippen molar-refractivity contribution >= 4 is 32.7 Å². The summed E-state index contributed by atoms with van der Waals surface area (Å²) in [6, 6.07) is 65.6. The number of fused-ring (bicyclic) bond motifs is 4. The minimum Gasteiger partial charge on any atom is -0.507 e. The van der Waals surface area contributed by atoms with Gasteiger partial charge < -0.3 is 13.9 Å². The predicted molar refractivity (Wildman–Crippen MR) is 244 cm³/mol. The van der Waals surface area contributed by atoms with Crippen molar-refractivity contribution in [2.45, 2.75) is 6.92 Å². The predicted octanol–water partition coefficient (Wildman–Crippen LogP) is 14.8. The Morgan fingerprint density at radius 3 is 1.65 bits per heavy atom. The number of pyridine rings is 2. The summed E-state index contributed by atoms with van der Waals surface area (Å²) in [4.78, 5) is 10.2. The number of furan rings is 2. The molecule has 4 heterocycles. The zero-order chi connectivity index (χ0) is 40.2. The van der Waals surface area contributed by atoms with Crippen LogP contribution in [0.1, 0.15) is 5.69 Å². The number of hydrogen-bond donors (Lipinski definition) is 1. The van der Waals surface area contributed by atoms with Crippen LogP contribution in [0.25, 0.3) is 111 Å². The van der Waals surface area contributed by atoms with Crippen LogP contribution in [0.3, 0.4) is 0 Å². The fourth-order valence-corrected chi connectivity index (χ4v) is 8.34. The average Bonchev–Trinajstić information content (AvgIpc) is 3.88. The largest absolute Gasteiger partial charge is 0.507 e. The highest BCUT2D eigenvalue weighted by atomic mass is 16.3. The van der Waals surface area contributed by atoms with E-state index in [-0.39, 0.29) is 5.75 Å². The monoisotopic (exact) mass is 772 g/mol. The normalized spacial score (nSPS) is 11.5. The number of aryl methyl sites for hydroxylation is 1. The number of aromatic hydroxyl groups is 1. The molecule has 7 aromatic carbocycles. The fourth-order valence-electron chi connectivity index (χ4n) is 8.34. The molecule has 0 saturated heterocycles. The van der Waals surface area contributed by atoms with E-state index in [0.29, 0.717) is 11.3 Å². The standard InChI is InChI=1S/C55H36N2O3/c1-34-27-42(55-46-21-9-8-20-45(46)54(60-55)40-24-25-44-43-19-10-11-22-52(43)59-53(44)33-40)31-48(56-34)38-17-12-18-39(28-38)49-29-41(36-15-6-3-7-16-36)30-50(57-49)47-26-23-37(32-51(47)58)35-13-4-2-5-14-35/h2-33,58H,1H3. The van der Waals surface area contributed by atoms with Crippen LogP contribution in [0.15, 0.2) is 203 Å². The third kappa shape index (κ3) is 6.30. The van der Waals surface area contributed by atoms with Crippen LogP contribution in [-0.4, -0.2) is 15.1 Å². The van der Waals surface area contributed by atoms with Crippen LogP contribution in [0.2, 0.25) is 0 Å². The number of benzene rings is 7. The molecule has 11 rings (SSSR count). The summed E-state index contributed by atoms with van der Waals surface area (Å²) in [6.45, 7) is 2.02. The number of nitrogens with zero attached hydrogens (tertiary/aromatic N) is 2. The Labute approximate surface area is 346 Å². The van der Waals surface area contributed by atoms with E-state index in [9.17, 15) is 5.11 Å². The van der Waals surface area contributed by atoms with Gasteiger partial charge in [-0.2, -0.15) is 0 Å². The Kier molecular flexibility index (Phi) is 8.45. The first-order chi connectivity index (χ1) is 29.5. The average molecular weight is 773 g/mol. The maximum Gasteiger partial charge on any atom is 0.142 e. The van der Waals surface area contributed by atoms with E-state index < -0.39 is 0 Å². The van der Waals surface area contributed by atoms with E-state index in [1.807, 2.05) is 116 Å². The summed E-state index contributed by atoms with van der Waals surface area (Å²) in [7, 11) is 0. The van der Waals surface area contributed by atoms with Crippen LogP contribution < -0.4 is 0 Å². The highest BCUT2D eigenvalue weighted by Gasteiger charge is 2.20. The van der Waals surface area contributed by atoms with Crippen LogP contribution in [0.5, 0.6) is 5.75 Å². The maximum absolute atomic E-state index is 11.4. The summed E-state index contributed by atoms with van der Waals surface area (Å²) in [5.74, 6) is 1.75. The third-order valence-electron chi connectivity index (χ3n) is 11.2. The quantitative estimate of drug-likeness (QED) is 0.175. The molecule has 0 aliphatic rings. The number of aromatic nitrogens is 2. The van der Waals surface area contributed by atoms with Gasteiger partial charge in [-0.3, -0.25) is 4.98 Å². The van der Waals surface area contributed by atoms with Crippen LogP contribution in [-0.2, 0) is 0 Å². The molecule has 0 bridgehead atoms. The molecule has 0 radical (unpaired) electrons. The summed E-state index contributed by atoms with van der Waals surface area (Å²) in [5.41, 5.74) is 13.4.